The van der Waals surface area contributed by atoms with E-state index in [1.165, 1.54) is 0 Å². The minimum atomic E-state index is -0.589. The van der Waals surface area contributed by atoms with E-state index in [1.54, 1.807) is 16.5 Å². The van der Waals surface area contributed by atoms with Gasteiger partial charge in [0.05, 0.1) is 11.2 Å². The van der Waals surface area contributed by atoms with Gasteiger partial charge in [-0.25, -0.2) is 4.98 Å². The van der Waals surface area contributed by atoms with Gasteiger partial charge in [0.25, 0.3) is 5.91 Å². The molecule has 3 rings (SSSR count). The van der Waals surface area contributed by atoms with Crippen molar-refractivity contribution in [1.29, 1.82) is 0 Å². The third kappa shape index (κ3) is 1.71. The average Bonchev–Trinajstić information content (AvgIpc) is 2.97. The van der Waals surface area contributed by atoms with E-state index in [1.807, 2.05) is 6.92 Å². The Hall–Kier alpha value is -2.24. The minimum absolute atomic E-state index is 0.148. The molecule has 0 aliphatic carbocycles. The second-order valence-corrected chi connectivity index (χ2v) is 4.84. The van der Waals surface area contributed by atoms with Crippen molar-refractivity contribution >= 4 is 17.2 Å². The molecule has 3 N–H and O–H groups in total. The number of nitrogens with zero attached hydrogens (tertiary/aromatic N) is 3. The van der Waals surface area contributed by atoms with Crippen molar-refractivity contribution < 1.29 is 9.90 Å². The number of aromatic nitrogens is 2. The van der Waals surface area contributed by atoms with Gasteiger partial charge in [0.1, 0.15) is 0 Å². The van der Waals surface area contributed by atoms with E-state index in [9.17, 15) is 9.90 Å². The van der Waals surface area contributed by atoms with Gasteiger partial charge >= 0.3 is 0 Å². The number of nitrogens with two attached hydrogens (primary N) is 1. The van der Waals surface area contributed by atoms with Gasteiger partial charge < -0.3 is 15.7 Å². The number of aryl methyl sites for hydroxylation is 1. The summed E-state index contributed by atoms with van der Waals surface area (Å²) in [5.41, 5.74) is 6.92. The van der Waals surface area contributed by atoms with E-state index < -0.39 is 5.91 Å². The summed E-state index contributed by atoms with van der Waals surface area (Å²) in [5, 5.41) is 10.1. The Kier molecular flexibility index (Phi) is 2.58. The standard InChI is InChI=1S/C13H16N4O2/c1-8-9-4-5-10(18)13(16-6-2-3-7-16)17(9)12(15-8)11(14)19/h4-5,18H,2-3,6-7H2,1H3,(H2,14,19). The number of hydrogen-bond acceptors (Lipinski definition) is 4. The molecule has 0 radical (unpaired) electrons. The summed E-state index contributed by atoms with van der Waals surface area (Å²) in [7, 11) is 0. The molecule has 2 aromatic heterocycles. The molecular weight excluding hydrogens is 244 g/mol. The second-order valence-electron chi connectivity index (χ2n) is 4.84. The first-order valence-electron chi connectivity index (χ1n) is 6.35. The number of amides is 1. The zero-order valence-corrected chi connectivity index (χ0v) is 10.8. The summed E-state index contributed by atoms with van der Waals surface area (Å²) in [6, 6.07) is 3.39. The van der Waals surface area contributed by atoms with Gasteiger partial charge in [-0.05, 0) is 31.9 Å². The number of carbonyl (C=O) groups excluding carboxylic acids is 1. The maximum atomic E-state index is 11.5. The molecule has 0 saturated carbocycles. The number of primary amides is 1. The largest absolute Gasteiger partial charge is 0.504 e. The zero-order valence-electron chi connectivity index (χ0n) is 10.8. The van der Waals surface area contributed by atoms with Crippen LogP contribution in [0.5, 0.6) is 5.75 Å². The summed E-state index contributed by atoms with van der Waals surface area (Å²) in [4.78, 5) is 17.8. The van der Waals surface area contributed by atoms with E-state index >= 15 is 0 Å². The smallest absolute Gasteiger partial charge is 0.285 e. The molecule has 0 aromatic carbocycles. The molecule has 2 aromatic rings. The van der Waals surface area contributed by atoms with E-state index in [4.69, 9.17) is 5.73 Å². The molecule has 1 amide bonds. The molecule has 1 fully saturated rings. The van der Waals surface area contributed by atoms with Crippen LogP contribution in [-0.4, -0.2) is 33.5 Å². The van der Waals surface area contributed by atoms with Crippen LogP contribution in [-0.2, 0) is 0 Å². The summed E-state index contributed by atoms with van der Waals surface area (Å²) in [6.07, 6.45) is 2.16. The molecule has 3 heterocycles. The highest BCUT2D eigenvalue weighted by Gasteiger charge is 2.23. The van der Waals surface area contributed by atoms with Crippen LogP contribution in [0.2, 0.25) is 0 Å². The molecule has 0 unspecified atom stereocenters. The summed E-state index contributed by atoms with van der Waals surface area (Å²) >= 11 is 0. The Balaban J connectivity index is 2.34. The second kappa shape index (κ2) is 4.15. The van der Waals surface area contributed by atoms with Crippen molar-refractivity contribution in [3.05, 3.63) is 23.7 Å². The first kappa shape index (κ1) is 11.8. The SMILES string of the molecule is Cc1nc(C(N)=O)n2c(N3CCCC3)c(O)ccc12. The summed E-state index contributed by atoms with van der Waals surface area (Å²) in [5.74, 6) is 0.346. The first-order valence-corrected chi connectivity index (χ1v) is 6.35. The van der Waals surface area contributed by atoms with E-state index in [-0.39, 0.29) is 11.6 Å². The third-order valence-electron chi connectivity index (χ3n) is 3.56. The van der Waals surface area contributed by atoms with Gasteiger partial charge in [0, 0.05) is 13.1 Å². The number of hydrogen-bond donors (Lipinski definition) is 2. The average molecular weight is 260 g/mol. The molecule has 100 valence electrons. The van der Waals surface area contributed by atoms with E-state index in [0.29, 0.717) is 5.82 Å². The fourth-order valence-corrected chi connectivity index (χ4v) is 2.70. The van der Waals surface area contributed by atoms with E-state index in [0.717, 1.165) is 37.1 Å². The van der Waals surface area contributed by atoms with Gasteiger partial charge in [-0.2, -0.15) is 0 Å². The number of aromatic hydroxyl groups is 1. The first-order chi connectivity index (χ1) is 9.09. The highest BCUT2D eigenvalue weighted by Crippen LogP contribution is 2.32. The summed E-state index contributed by atoms with van der Waals surface area (Å²) in [6.45, 7) is 3.55. The lowest BCUT2D eigenvalue weighted by atomic mass is 10.3. The molecule has 0 spiro atoms. The van der Waals surface area contributed by atoms with Crippen LogP contribution in [0.15, 0.2) is 12.1 Å². The van der Waals surface area contributed by atoms with Gasteiger partial charge in [-0.1, -0.05) is 0 Å². The molecule has 19 heavy (non-hydrogen) atoms. The number of carbonyl (C=O) groups is 1. The van der Waals surface area contributed by atoms with Crippen LogP contribution in [0.25, 0.3) is 5.52 Å². The van der Waals surface area contributed by atoms with Crippen molar-refractivity contribution in [3.8, 4) is 5.75 Å². The van der Waals surface area contributed by atoms with Gasteiger partial charge in [0.2, 0.25) is 5.82 Å². The predicted molar refractivity (Wildman–Crippen MR) is 71.6 cm³/mol. The number of anilines is 1. The predicted octanol–water partition coefficient (Wildman–Crippen LogP) is 1.05. The van der Waals surface area contributed by atoms with Crippen LogP contribution < -0.4 is 10.6 Å². The molecule has 6 nitrogen and oxygen atoms in total. The van der Waals surface area contributed by atoms with Gasteiger partial charge in [-0.3, -0.25) is 9.20 Å². The minimum Gasteiger partial charge on any atom is -0.504 e. The lowest BCUT2D eigenvalue weighted by Crippen LogP contribution is -2.23. The van der Waals surface area contributed by atoms with Crippen LogP contribution in [0.4, 0.5) is 5.82 Å². The molecule has 1 saturated heterocycles. The lowest BCUT2D eigenvalue weighted by Gasteiger charge is -2.21. The fraction of sp³-hybridized carbons (Fsp3) is 0.385. The maximum Gasteiger partial charge on any atom is 0.285 e. The number of fused-ring (bicyclic) bond motifs is 1. The van der Waals surface area contributed by atoms with Crippen LogP contribution in [0.3, 0.4) is 0 Å². The van der Waals surface area contributed by atoms with Gasteiger partial charge in [0.15, 0.2) is 11.6 Å². The van der Waals surface area contributed by atoms with E-state index in [2.05, 4.69) is 9.88 Å². The lowest BCUT2D eigenvalue weighted by molar-refractivity contribution is 0.0990. The normalized spacial score (nSPS) is 15.3. The van der Waals surface area contributed by atoms with Crippen LogP contribution >= 0.6 is 0 Å². The van der Waals surface area contributed by atoms with Crippen LogP contribution in [0, 0.1) is 6.92 Å². The molecule has 1 aliphatic rings. The molecule has 0 bridgehead atoms. The molecular formula is C13H16N4O2. The van der Waals surface area contributed by atoms with Crippen molar-refractivity contribution in [3.63, 3.8) is 0 Å². The highest BCUT2D eigenvalue weighted by molar-refractivity contribution is 5.91. The maximum absolute atomic E-state index is 11.5. The number of pyridine rings is 1. The quantitative estimate of drug-likeness (QED) is 0.845. The number of imidazole rings is 1. The fourth-order valence-electron chi connectivity index (χ4n) is 2.70. The molecule has 1 aliphatic heterocycles. The van der Waals surface area contributed by atoms with Crippen LogP contribution in [0.1, 0.15) is 29.2 Å². The molecule has 0 atom stereocenters. The Morgan fingerprint density at radius 2 is 2.05 bits per heavy atom. The zero-order chi connectivity index (χ0) is 13.6. The third-order valence-corrected chi connectivity index (χ3v) is 3.56. The highest BCUT2D eigenvalue weighted by atomic mass is 16.3. The molecule has 6 heteroatoms. The van der Waals surface area contributed by atoms with Crippen molar-refractivity contribution in [2.24, 2.45) is 5.73 Å². The summed E-state index contributed by atoms with van der Waals surface area (Å²) < 4.78 is 1.66. The topological polar surface area (TPSA) is 83.9 Å². The van der Waals surface area contributed by atoms with Crippen molar-refractivity contribution in [2.45, 2.75) is 19.8 Å². The van der Waals surface area contributed by atoms with Crippen molar-refractivity contribution in [1.82, 2.24) is 9.38 Å². The Morgan fingerprint density at radius 3 is 2.68 bits per heavy atom. The Labute approximate surface area is 110 Å². The monoisotopic (exact) mass is 260 g/mol. The Morgan fingerprint density at radius 1 is 1.37 bits per heavy atom. The number of rotatable bonds is 2. The van der Waals surface area contributed by atoms with Gasteiger partial charge in [-0.15, -0.1) is 0 Å². The Bertz CT molecular complexity index is 656. The van der Waals surface area contributed by atoms with Crippen molar-refractivity contribution in [2.75, 3.05) is 18.0 Å².